The molecule has 0 aliphatic carbocycles. The smallest absolute Gasteiger partial charge is 0.408 e. The minimum atomic E-state index is -3.74. The zero-order chi connectivity index (χ0) is 22.9. The number of piperidine rings is 1. The van der Waals surface area contributed by atoms with Crippen molar-refractivity contribution < 1.29 is 17.6 Å². The maximum Gasteiger partial charge on any atom is 0.419 e. The molecule has 1 saturated heterocycles. The van der Waals surface area contributed by atoms with E-state index in [4.69, 9.17) is 16.0 Å². The summed E-state index contributed by atoms with van der Waals surface area (Å²) in [7, 11) is -2.18. The van der Waals surface area contributed by atoms with Crippen LogP contribution in [-0.2, 0) is 28.3 Å². The Morgan fingerprint density at radius 2 is 1.84 bits per heavy atom. The molecule has 2 aromatic carbocycles. The van der Waals surface area contributed by atoms with Crippen LogP contribution < -0.4 is 11.1 Å². The van der Waals surface area contributed by atoms with Crippen LogP contribution in [0.5, 0.6) is 0 Å². The zero-order valence-corrected chi connectivity index (χ0v) is 19.2. The van der Waals surface area contributed by atoms with Gasteiger partial charge in [0.1, 0.15) is 0 Å². The summed E-state index contributed by atoms with van der Waals surface area (Å²) >= 11 is 5.88. The molecule has 1 aliphatic heterocycles. The van der Waals surface area contributed by atoms with Gasteiger partial charge in [0.15, 0.2) is 5.58 Å². The topological polar surface area (TPSA) is 102 Å². The quantitative estimate of drug-likeness (QED) is 0.588. The maximum atomic E-state index is 13.0. The van der Waals surface area contributed by atoms with Gasteiger partial charge in [0.2, 0.25) is 15.9 Å². The van der Waals surface area contributed by atoms with Gasteiger partial charge in [-0.25, -0.2) is 13.2 Å². The van der Waals surface area contributed by atoms with E-state index in [9.17, 15) is 18.0 Å². The maximum absolute atomic E-state index is 13.0. The lowest BCUT2D eigenvalue weighted by atomic mass is 9.97. The van der Waals surface area contributed by atoms with Gasteiger partial charge in [-0.1, -0.05) is 23.7 Å². The number of carbonyl (C=O) groups excluding carboxylic acids is 1. The van der Waals surface area contributed by atoms with Crippen molar-refractivity contribution in [3.05, 3.63) is 63.6 Å². The SMILES string of the molecule is Cn1c(=O)oc2cc(S(=O)(=O)N3CCC(C(=O)NCCc4ccc(Cl)cc4)CC3)ccc21. The van der Waals surface area contributed by atoms with E-state index in [2.05, 4.69) is 5.32 Å². The molecule has 3 aromatic rings. The number of carbonyl (C=O) groups is 1. The van der Waals surface area contributed by atoms with Gasteiger partial charge in [0.05, 0.1) is 10.4 Å². The van der Waals surface area contributed by atoms with Crippen LogP contribution in [-0.4, -0.2) is 42.8 Å². The molecule has 0 radical (unpaired) electrons. The Bertz CT molecular complexity index is 1290. The predicted octanol–water partition coefficient (Wildman–Crippen LogP) is 2.54. The monoisotopic (exact) mass is 477 g/mol. The van der Waals surface area contributed by atoms with Crippen LogP contribution in [0, 0.1) is 5.92 Å². The van der Waals surface area contributed by atoms with Crippen molar-refractivity contribution in [2.24, 2.45) is 13.0 Å². The lowest BCUT2D eigenvalue weighted by Gasteiger charge is -2.30. The number of amides is 1. The first kappa shape index (κ1) is 22.6. The molecule has 8 nitrogen and oxygen atoms in total. The Morgan fingerprint density at radius 3 is 2.53 bits per heavy atom. The van der Waals surface area contributed by atoms with Gasteiger partial charge in [-0.05, 0) is 49.1 Å². The van der Waals surface area contributed by atoms with Crippen LogP contribution in [0.25, 0.3) is 11.1 Å². The number of nitrogens with zero attached hydrogens (tertiary/aromatic N) is 2. The van der Waals surface area contributed by atoms with E-state index >= 15 is 0 Å². The summed E-state index contributed by atoms with van der Waals surface area (Å²) in [5, 5.41) is 3.62. The van der Waals surface area contributed by atoms with E-state index in [1.54, 1.807) is 13.1 Å². The Kier molecular flexibility index (Phi) is 6.41. The van der Waals surface area contributed by atoms with E-state index < -0.39 is 15.8 Å². The van der Waals surface area contributed by atoms with Gasteiger partial charge in [0.25, 0.3) is 0 Å². The minimum Gasteiger partial charge on any atom is -0.408 e. The number of rotatable bonds is 6. The molecule has 1 aliphatic rings. The highest BCUT2D eigenvalue weighted by Gasteiger charge is 2.32. The minimum absolute atomic E-state index is 0.0523. The van der Waals surface area contributed by atoms with E-state index in [-0.39, 0.29) is 35.4 Å². The molecule has 0 unspecified atom stereocenters. The van der Waals surface area contributed by atoms with Gasteiger partial charge in [-0.2, -0.15) is 4.31 Å². The standard InChI is InChI=1S/C22H24ClN3O5S/c1-25-19-7-6-18(14-20(19)31-22(25)28)32(29,30)26-12-9-16(10-13-26)21(27)24-11-8-15-2-4-17(23)5-3-15/h2-7,14,16H,8-13H2,1H3,(H,24,27). The summed E-state index contributed by atoms with van der Waals surface area (Å²) < 4.78 is 33.9. The Balaban J connectivity index is 1.33. The Morgan fingerprint density at radius 1 is 1.16 bits per heavy atom. The summed E-state index contributed by atoms with van der Waals surface area (Å²) in [5.41, 5.74) is 1.85. The molecule has 0 saturated carbocycles. The first-order valence-corrected chi connectivity index (χ1v) is 12.2. The molecular weight excluding hydrogens is 454 g/mol. The third kappa shape index (κ3) is 4.60. The van der Waals surface area contributed by atoms with E-state index in [1.165, 1.54) is 21.0 Å². The molecule has 4 rings (SSSR count). The van der Waals surface area contributed by atoms with Crippen molar-refractivity contribution in [1.82, 2.24) is 14.2 Å². The van der Waals surface area contributed by atoms with Crippen LogP contribution in [0.15, 0.2) is 56.6 Å². The second kappa shape index (κ2) is 9.09. The fourth-order valence-electron chi connectivity index (χ4n) is 3.91. The average Bonchev–Trinajstić information content (AvgIpc) is 3.08. The number of nitrogens with one attached hydrogen (secondary N) is 1. The molecule has 1 fully saturated rings. The number of oxazole rings is 1. The van der Waals surface area contributed by atoms with Gasteiger partial charge < -0.3 is 9.73 Å². The van der Waals surface area contributed by atoms with Crippen LogP contribution in [0.2, 0.25) is 5.02 Å². The Hall–Kier alpha value is -2.62. The van der Waals surface area contributed by atoms with Crippen molar-refractivity contribution >= 4 is 38.6 Å². The number of sulfonamides is 1. The molecule has 1 N–H and O–H groups in total. The number of benzene rings is 2. The third-order valence-electron chi connectivity index (χ3n) is 5.85. The first-order chi connectivity index (χ1) is 15.3. The van der Waals surface area contributed by atoms with E-state index in [0.717, 1.165) is 5.56 Å². The molecule has 32 heavy (non-hydrogen) atoms. The van der Waals surface area contributed by atoms with Gasteiger partial charge in [-0.15, -0.1) is 0 Å². The largest absolute Gasteiger partial charge is 0.419 e. The number of hydrogen-bond acceptors (Lipinski definition) is 5. The van der Waals surface area contributed by atoms with Gasteiger partial charge in [0, 0.05) is 43.7 Å². The fourth-order valence-corrected chi connectivity index (χ4v) is 5.52. The molecule has 0 spiro atoms. The first-order valence-electron chi connectivity index (χ1n) is 10.4. The Labute approximate surface area is 190 Å². The van der Waals surface area contributed by atoms with Gasteiger partial charge in [-0.3, -0.25) is 9.36 Å². The number of fused-ring (bicyclic) bond motifs is 1. The van der Waals surface area contributed by atoms with Gasteiger partial charge >= 0.3 is 5.76 Å². The van der Waals surface area contributed by atoms with E-state index in [1.807, 2.05) is 24.3 Å². The lowest BCUT2D eigenvalue weighted by Crippen LogP contribution is -2.43. The summed E-state index contributed by atoms with van der Waals surface area (Å²) in [6.07, 6.45) is 1.61. The molecule has 1 amide bonds. The average molecular weight is 478 g/mol. The van der Waals surface area contributed by atoms with Crippen molar-refractivity contribution in [2.45, 2.75) is 24.2 Å². The molecule has 0 bridgehead atoms. The second-order valence-corrected chi connectivity index (χ2v) is 10.3. The molecule has 170 valence electrons. The number of aryl methyl sites for hydroxylation is 1. The number of halogens is 1. The summed E-state index contributed by atoms with van der Waals surface area (Å²) in [4.78, 5) is 24.2. The van der Waals surface area contributed by atoms with Crippen molar-refractivity contribution in [2.75, 3.05) is 19.6 Å². The molecular formula is C22H24ClN3O5S. The lowest BCUT2D eigenvalue weighted by molar-refractivity contribution is -0.126. The summed E-state index contributed by atoms with van der Waals surface area (Å²) in [6, 6.07) is 11.9. The van der Waals surface area contributed by atoms with Crippen LogP contribution >= 0.6 is 11.6 Å². The highest BCUT2D eigenvalue weighted by molar-refractivity contribution is 7.89. The normalized spacial score (nSPS) is 15.8. The van der Waals surface area contributed by atoms with Crippen molar-refractivity contribution in [1.29, 1.82) is 0 Å². The molecule has 0 atom stereocenters. The van der Waals surface area contributed by atoms with E-state index in [0.29, 0.717) is 36.3 Å². The van der Waals surface area contributed by atoms with Crippen LogP contribution in [0.4, 0.5) is 0 Å². The zero-order valence-electron chi connectivity index (χ0n) is 17.6. The third-order valence-corrected chi connectivity index (χ3v) is 8.00. The number of aromatic nitrogens is 1. The van der Waals surface area contributed by atoms with Crippen LogP contribution in [0.3, 0.4) is 0 Å². The highest BCUT2D eigenvalue weighted by Crippen LogP contribution is 2.26. The highest BCUT2D eigenvalue weighted by atomic mass is 35.5. The summed E-state index contributed by atoms with van der Waals surface area (Å²) in [5.74, 6) is -0.817. The molecule has 10 heteroatoms. The number of hydrogen-bond donors (Lipinski definition) is 1. The molecule has 1 aromatic heterocycles. The van der Waals surface area contributed by atoms with Crippen molar-refractivity contribution in [3.8, 4) is 0 Å². The molecule has 2 heterocycles. The second-order valence-electron chi connectivity index (χ2n) is 7.90. The van der Waals surface area contributed by atoms with Crippen molar-refractivity contribution in [3.63, 3.8) is 0 Å². The summed E-state index contributed by atoms with van der Waals surface area (Å²) in [6.45, 7) is 1.03. The van der Waals surface area contributed by atoms with Crippen LogP contribution in [0.1, 0.15) is 18.4 Å². The fraction of sp³-hybridized carbons (Fsp3) is 0.364. The predicted molar refractivity (Wildman–Crippen MR) is 121 cm³/mol.